The van der Waals surface area contributed by atoms with Crippen molar-refractivity contribution < 1.29 is 26.3 Å². The Morgan fingerprint density at radius 1 is 0.652 bits per heavy atom. The van der Waals surface area contributed by atoms with Crippen LogP contribution in [0.25, 0.3) is 20.2 Å². The zero-order valence-corrected chi connectivity index (χ0v) is 15.9. The summed E-state index contributed by atoms with van der Waals surface area (Å²) in [5.41, 5.74) is -1.75. The van der Waals surface area contributed by atoms with Crippen molar-refractivity contribution in [2.45, 2.75) is 12.4 Å². The van der Waals surface area contributed by atoms with Crippen LogP contribution in [-0.2, 0) is 12.4 Å². The van der Waals surface area contributed by atoms with Gasteiger partial charge in [0.15, 0.2) is 0 Å². The Labute approximate surface area is 157 Å². The van der Waals surface area contributed by atoms with Gasteiger partial charge in [-0.2, -0.15) is 26.3 Å². The molecule has 3 aromatic rings. The lowest BCUT2D eigenvalue weighted by molar-refractivity contribution is -0.137. The SMILES string of the molecule is FC(F)(F)c1c(I)ccc2c1sc1c(C(F)(F)F)c(I)ccc12. The monoisotopic (exact) mass is 572 g/mol. The van der Waals surface area contributed by atoms with Gasteiger partial charge in [0.05, 0.1) is 11.1 Å². The van der Waals surface area contributed by atoms with Crippen molar-refractivity contribution >= 4 is 76.7 Å². The highest BCUT2D eigenvalue weighted by atomic mass is 127. The Hall–Kier alpha value is -0.300. The Bertz CT molecular complexity index is 849. The van der Waals surface area contributed by atoms with Gasteiger partial charge in [0.2, 0.25) is 0 Å². The molecule has 0 radical (unpaired) electrons. The molecule has 1 aromatic heterocycles. The molecule has 0 spiro atoms. The van der Waals surface area contributed by atoms with Crippen LogP contribution in [0.4, 0.5) is 26.3 Å². The molecule has 122 valence electrons. The zero-order valence-electron chi connectivity index (χ0n) is 10.7. The van der Waals surface area contributed by atoms with Crippen molar-refractivity contribution in [3.63, 3.8) is 0 Å². The number of hydrogen-bond donors (Lipinski definition) is 0. The molecule has 0 saturated carbocycles. The van der Waals surface area contributed by atoms with Gasteiger partial charge in [-0.15, -0.1) is 11.3 Å². The number of fused-ring (bicyclic) bond motifs is 3. The molecule has 0 unspecified atom stereocenters. The lowest BCUT2D eigenvalue weighted by Crippen LogP contribution is -2.07. The van der Waals surface area contributed by atoms with Crippen LogP contribution in [0.15, 0.2) is 24.3 Å². The van der Waals surface area contributed by atoms with E-state index in [4.69, 9.17) is 0 Å². The lowest BCUT2D eigenvalue weighted by atomic mass is 10.1. The second-order valence-electron chi connectivity index (χ2n) is 4.70. The molecule has 0 bridgehead atoms. The third-order valence-corrected chi connectivity index (χ3v) is 6.33. The van der Waals surface area contributed by atoms with Gasteiger partial charge < -0.3 is 0 Å². The highest BCUT2D eigenvalue weighted by Crippen LogP contribution is 2.48. The molecular formula is C14H4F6I2S. The fraction of sp³-hybridized carbons (Fsp3) is 0.143. The van der Waals surface area contributed by atoms with Crippen molar-refractivity contribution in [2.24, 2.45) is 0 Å². The van der Waals surface area contributed by atoms with Crippen molar-refractivity contribution in [3.05, 3.63) is 42.5 Å². The number of rotatable bonds is 0. The molecule has 0 aliphatic rings. The molecule has 3 rings (SSSR count). The smallest absolute Gasteiger partial charge is 0.166 e. The molecule has 0 nitrogen and oxygen atoms in total. The maximum atomic E-state index is 13.3. The molecule has 0 aliphatic heterocycles. The molecule has 1 heterocycles. The highest BCUT2D eigenvalue weighted by Gasteiger charge is 2.39. The van der Waals surface area contributed by atoms with E-state index in [2.05, 4.69) is 0 Å². The van der Waals surface area contributed by atoms with Gasteiger partial charge in [-0.3, -0.25) is 0 Å². The minimum Gasteiger partial charge on any atom is -0.166 e. The van der Waals surface area contributed by atoms with Crippen LogP contribution in [0.3, 0.4) is 0 Å². The summed E-state index contributed by atoms with van der Waals surface area (Å²) in [7, 11) is 0. The molecule has 0 saturated heterocycles. The van der Waals surface area contributed by atoms with E-state index in [0.29, 0.717) is 11.3 Å². The van der Waals surface area contributed by atoms with Gasteiger partial charge in [0.1, 0.15) is 0 Å². The zero-order chi connectivity index (χ0) is 17.2. The standard InChI is InChI=1S/C14H4F6I2S/c15-13(16,17)9-7(21)3-1-5-6-2-4-8(22)10(14(18,19)20)12(6)23-11(5)9/h1-4H. The summed E-state index contributed by atoms with van der Waals surface area (Å²) in [5, 5.41) is 0.388. The number of benzene rings is 2. The fourth-order valence-corrected chi connectivity index (χ4v) is 5.70. The van der Waals surface area contributed by atoms with Crippen molar-refractivity contribution in [1.29, 1.82) is 0 Å². The Morgan fingerprint density at radius 2 is 1.00 bits per heavy atom. The Balaban J connectivity index is 2.54. The first-order valence-corrected chi connectivity index (χ1v) is 8.97. The summed E-state index contributed by atoms with van der Waals surface area (Å²) in [6.45, 7) is 0. The van der Waals surface area contributed by atoms with Crippen LogP contribution in [0.2, 0.25) is 0 Å². The number of thiophene rings is 1. The topological polar surface area (TPSA) is 0 Å². The van der Waals surface area contributed by atoms with Gasteiger partial charge in [-0.1, -0.05) is 12.1 Å². The quantitative estimate of drug-likeness (QED) is 0.196. The maximum Gasteiger partial charge on any atom is 0.418 e. The van der Waals surface area contributed by atoms with Gasteiger partial charge in [0.25, 0.3) is 0 Å². The predicted molar refractivity (Wildman–Crippen MR) is 94.8 cm³/mol. The second kappa shape index (κ2) is 5.61. The van der Waals surface area contributed by atoms with E-state index >= 15 is 0 Å². The number of halogens is 8. The average molecular weight is 572 g/mol. The van der Waals surface area contributed by atoms with Crippen LogP contribution < -0.4 is 0 Å². The first kappa shape index (κ1) is 17.5. The summed E-state index contributed by atoms with van der Waals surface area (Å²) in [6, 6.07) is 5.45. The third-order valence-electron chi connectivity index (χ3n) is 3.27. The summed E-state index contributed by atoms with van der Waals surface area (Å²) in [6.07, 6.45) is -9.25. The number of hydrogen-bond acceptors (Lipinski definition) is 1. The summed E-state index contributed by atoms with van der Waals surface area (Å²) < 4.78 is 79.4. The van der Waals surface area contributed by atoms with Crippen LogP contribution in [-0.4, -0.2) is 0 Å². The van der Waals surface area contributed by atoms with E-state index in [9.17, 15) is 26.3 Å². The predicted octanol–water partition coefficient (Wildman–Crippen LogP) is 7.30. The summed E-state index contributed by atoms with van der Waals surface area (Å²) in [5.74, 6) is 0. The van der Waals surface area contributed by atoms with Crippen molar-refractivity contribution in [1.82, 2.24) is 0 Å². The number of alkyl halides is 6. The van der Waals surface area contributed by atoms with E-state index in [1.54, 1.807) is 45.2 Å². The van der Waals surface area contributed by atoms with Crippen LogP contribution in [0.1, 0.15) is 11.1 Å². The Morgan fingerprint density at radius 3 is 1.30 bits per heavy atom. The first-order chi connectivity index (χ1) is 10.5. The molecule has 0 aliphatic carbocycles. The van der Waals surface area contributed by atoms with E-state index in [1.165, 1.54) is 24.3 Å². The van der Waals surface area contributed by atoms with Crippen LogP contribution in [0, 0.1) is 7.14 Å². The van der Waals surface area contributed by atoms with Crippen molar-refractivity contribution in [2.75, 3.05) is 0 Å². The molecule has 0 amide bonds. The largest absolute Gasteiger partial charge is 0.418 e. The molecular weight excluding hydrogens is 568 g/mol. The molecule has 2 aromatic carbocycles. The van der Waals surface area contributed by atoms with E-state index < -0.39 is 23.5 Å². The van der Waals surface area contributed by atoms with Crippen LogP contribution >= 0.6 is 56.5 Å². The van der Waals surface area contributed by atoms with Gasteiger partial charge in [0, 0.05) is 27.3 Å². The molecule has 9 heteroatoms. The average Bonchev–Trinajstić information content (AvgIpc) is 2.72. The fourth-order valence-electron chi connectivity index (χ4n) is 2.38. The molecule has 0 atom stereocenters. The highest BCUT2D eigenvalue weighted by molar-refractivity contribution is 14.1. The third kappa shape index (κ3) is 2.92. The van der Waals surface area contributed by atoms with Gasteiger partial charge >= 0.3 is 12.4 Å². The van der Waals surface area contributed by atoms with Crippen LogP contribution in [0.5, 0.6) is 0 Å². The van der Waals surface area contributed by atoms with E-state index in [-0.39, 0.29) is 27.3 Å². The molecule has 0 fully saturated rings. The van der Waals surface area contributed by atoms with E-state index in [0.717, 1.165) is 0 Å². The van der Waals surface area contributed by atoms with Gasteiger partial charge in [-0.05, 0) is 57.3 Å². The minimum atomic E-state index is -4.62. The van der Waals surface area contributed by atoms with Crippen molar-refractivity contribution in [3.8, 4) is 0 Å². The summed E-state index contributed by atoms with van der Waals surface area (Å²) in [4.78, 5) is 0. The summed E-state index contributed by atoms with van der Waals surface area (Å²) >= 11 is 3.65. The second-order valence-corrected chi connectivity index (χ2v) is 8.04. The first-order valence-electron chi connectivity index (χ1n) is 5.99. The minimum absolute atomic E-state index is 0.0302. The van der Waals surface area contributed by atoms with Gasteiger partial charge in [-0.25, -0.2) is 0 Å². The lowest BCUT2D eigenvalue weighted by Gasteiger charge is -2.10. The maximum absolute atomic E-state index is 13.3. The molecule has 0 N–H and O–H groups in total. The Kier molecular flexibility index (Phi) is 4.28. The molecule has 23 heavy (non-hydrogen) atoms. The van der Waals surface area contributed by atoms with E-state index in [1.807, 2.05) is 0 Å². The normalized spacial score (nSPS) is 13.2.